The van der Waals surface area contributed by atoms with Gasteiger partial charge in [0.1, 0.15) is 0 Å². The van der Waals surface area contributed by atoms with E-state index < -0.39 is 0 Å². The van der Waals surface area contributed by atoms with Crippen molar-refractivity contribution in [3.8, 4) is 0 Å². The zero-order chi connectivity index (χ0) is 14.8. The summed E-state index contributed by atoms with van der Waals surface area (Å²) in [5.41, 5.74) is 0.912. The molecule has 0 bridgehead atoms. The maximum absolute atomic E-state index is 6.05. The third kappa shape index (κ3) is 2.31. The van der Waals surface area contributed by atoms with Crippen LogP contribution in [0.15, 0.2) is 12.4 Å². The molecule has 0 amide bonds. The predicted molar refractivity (Wildman–Crippen MR) is 79.8 cm³/mol. The normalized spacial score (nSPS) is 29.7. The highest BCUT2D eigenvalue weighted by Crippen LogP contribution is 2.52. The number of aromatic nitrogens is 2. The fourth-order valence-electron chi connectivity index (χ4n) is 2.69. The Bertz CT molecular complexity index is 506. The second kappa shape index (κ2) is 4.11. The summed E-state index contributed by atoms with van der Waals surface area (Å²) in [6.07, 6.45) is 5.23. The lowest BCUT2D eigenvalue weighted by atomic mass is 9.82. The maximum atomic E-state index is 6.05. The number of nitrogens with zero attached hydrogens (tertiary/aromatic N) is 2. The summed E-state index contributed by atoms with van der Waals surface area (Å²) < 4.78 is 14.1. The first kappa shape index (κ1) is 14.1. The van der Waals surface area contributed by atoms with Crippen molar-refractivity contribution in [2.45, 2.75) is 65.7 Å². The summed E-state index contributed by atoms with van der Waals surface area (Å²) in [5, 5.41) is 4.46. The first-order valence-electron chi connectivity index (χ1n) is 7.49. The smallest absolute Gasteiger partial charge is 0.399 e. The first-order chi connectivity index (χ1) is 9.11. The molecule has 1 aromatic rings. The molecule has 1 aliphatic carbocycles. The number of hydrogen-bond acceptors (Lipinski definition) is 3. The molecule has 3 rings (SSSR count). The van der Waals surface area contributed by atoms with Crippen molar-refractivity contribution in [1.29, 1.82) is 0 Å². The highest BCUT2D eigenvalue weighted by molar-refractivity contribution is 6.61. The van der Waals surface area contributed by atoms with Gasteiger partial charge in [0.15, 0.2) is 0 Å². The van der Waals surface area contributed by atoms with Crippen LogP contribution in [0.2, 0.25) is 0 Å². The molecule has 0 spiro atoms. The molecule has 2 aliphatic rings. The van der Waals surface area contributed by atoms with Crippen LogP contribution in [0, 0.1) is 11.3 Å². The van der Waals surface area contributed by atoms with Crippen molar-refractivity contribution in [2.24, 2.45) is 11.3 Å². The molecule has 2 fully saturated rings. The van der Waals surface area contributed by atoms with Crippen molar-refractivity contribution in [3.63, 3.8) is 0 Å². The van der Waals surface area contributed by atoms with Crippen molar-refractivity contribution < 1.29 is 9.31 Å². The Labute approximate surface area is 122 Å². The second-order valence-corrected chi connectivity index (χ2v) is 7.97. The van der Waals surface area contributed by atoms with Crippen molar-refractivity contribution in [2.75, 3.05) is 0 Å². The standard InChI is InChI=1S/C15H25BN2O2/c1-13(2)7-11(13)9-18-10-12(8-17-18)16-19-14(3,4)15(5,6)20-16/h8,10-11H,7,9H2,1-6H3. The zero-order valence-electron chi connectivity index (χ0n) is 13.4. The summed E-state index contributed by atoms with van der Waals surface area (Å²) in [5.74, 6) is 0.744. The average Bonchev–Trinajstić information content (AvgIpc) is 2.67. The van der Waals surface area contributed by atoms with Crippen LogP contribution in [0.25, 0.3) is 0 Å². The molecule has 2 heterocycles. The van der Waals surface area contributed by atoms with E-state index in [4.69, 9.17) is 9.31 Å². The number of hydrogen-bond donors (Lipinski definition) is 0. The van der Waals surface area contributed by atoms with Crippen LogP contribution in [-0.4, -0.2) is 28.1 Å². The van der Waals surface area contributed by atoms with E-state index in [1.54, 1.807) is 0 Å². The fraction of sp³-hybridized carbons (Fsp3) is 0.800. The van der Waals surface area contributed by atoms with Gasteiger partial charge in [-0.25, -0.2) is 0 Å². The van der Waals surface area contributed by atoms with Crippen LogP contribution in [0.1, 0.15) is 48.0 Å². The largest absolute Gasteiger partial charge is 0.498 e. The van der Waals surface area contributed by atoms with Gasteiger partial charge in [0.25, 0.3) is 0 Å². The van der Waals surface area contributed by atoms with Crippen LogP contribution in [0.4, 0.5) is 0 Å². The van der Waals surface area contributed by atoms with Gasteiger partial charge in [-0.15, -0.1) is 0 Å². The van der Waals surface area contributed by atoms with E-state index >= 15 is 0 Å². The Balaban J connectivity index is 1.69. The topological polar surface area (TPSA) is 36.3 Å². The lowest BCUT2D eigenvalue weighted by molar-refractivity contribution is 0.00578. The molecular formula is C15H25BN2O2. The minimum Gasteiger partial charge on any atom is -0.399 e. The van der Waals surface area contributed by atoms with Crippen molar-refractivity contribution in [3.05, 3.63) is 12.4 Å². The molecule has 1 unspecified atom stereocenters. The van der Waals surface area contributed by atoms with Crippen LogP contribution in [0.5, 0.6) is 0 Å². The summed E-state index contributed by atoms with van der Waals surface area (Å²) in [6.45, 7) is 13.9. The van der Waals surface area contributed by atoms with Crippen molar-refractivity contribution >= 4 is 12.6 Å². The molecule has 4 nitrogen and oxygen atoms in total. The van der Waals surface area contributed by atoms with E-state index in [0.717, 1.165) is 17.9 Å². The Morgan fingerprint density at radius 1 is 1.20 bits per heavy atom. The molecule has 1 aromatic heterocycles. The Morgan fingerprint density at radius 3 is 2.25 bits per heavy atom. The SMILES string of the molecule is CC1(C)CC1Cn1cc(B2OC(C)(C)C(C)(C)O2)cn1. The molecule has 0 N–H and O–H groups in total. The molecule has 1 saturated heterocycles. The molecule has 20 heavy (non-hydrogen) atoms. The van der Waals surface area contributed by atoms with Gasteiger partial charge in [0.2, 0.25) is 0 Å². The average molecular weight is 276 g/mol. The van der Waals surface area contributed by atoms with E-state index in [-0.39, 0.29) is 18.3 Å². The van der Waals surface area contributed by atoms with Gasteiger partial charge in [-0.05, 0) is 45.4 Å². The predicted octanol–water partition coefficient (Wildman–Crippen LogP) is 2.23. The molecule has 1 aliphatic heterocycles. The molecule has 1 atom stereocenters. The van der Waals surface area contributed by atoms with Gasteiger partial charge in [0.05, 0.1) is 11.2 Å². The monoisotopic (exact) mass is 276 g/mol. The van der Waals surface area contributed by atoms with E-state index in [0.29, 0.717) is 5.41 Å². The van der Waals surface area contributed by atoms with Gasteiger partial charge in [-0.1, -0.05) is 13.8 Å². The third-order valence-electron chi connectivity index (χ3n) is 5.30. The lowest BCUT2D eigenvalue weighted by Gasteiger charge is -2.32. The van der Waals surface area contributed by atoms with E-state index in [9.17, 15) is 0 Å². The summed E-state index contributed by atoms with van der Waals surface area (Å²) in [7, 11) is -0.305. The van der Waals surface area contributed by atoms with Gasteiger partial charge in [-0.3, -0.25) is 4.68 Å². The Hall–Kier alpha value is -0.805. The highest BCUT2D eigenvalue weighted by Gasteiger charge is 2.52. The van der Waals surface area contributed by atoms with Gasteiger partial charge < -0.3 is 9.31 Å². The summed E-state index contributed by atoms with van der Waals surface area (Å²) >= 11 is 0. The molecule has 0 aromatic carbocycles. The second-order valence-electron chi connectivity index (χ2n) is 7.97. The van der Waals surface area contributed by atoms with Crippen molar-refractivity contribution in [1.82, 2.24) is 9.78 Å². The summed E-state index contributed by atoms with van der Waals surface area (Å²) in [6, 6.07) is 0. The minimum absolute atomic E-state index is 0.293. The Kier molecular flexibility index (Phi) is 2.90. The van der Waals surface area contributed by atoms with E-state index in [1.807, 2.05) is 10.9 Å². The van der Waals surface area contributed by atoms with Gasteiger partial charge in [0, 0.05) is 24.4 Å². The quantitative estimate of drug-likeness (QED) is 0.794. The lowest BCUT2D eigenvalue weighted by Crippen LogP contribution is -2.41. The molecule has 0 radical (unpaired) electrons. The maximum Gasteiger partial charge on any atom is 0.498 e. The highest BCUT2D eigenvalue weighted by atomic mass is 16.7. The van der Waals surface area contributed by atoms with Crippen LogP contribution >= 0.6 is 0 Å². The van der Waals surface area contributed by atoms with E-state index in [2.05, 4.69) is 52.8 Å². The molecule has 1 saturated carbocycles. The molecular weight excluding hydrogens is 251 g/mol. The molecule has 5 heteroatoms. The van der Waals surface area contributed by atoms with E-state index in [1.165, 1.54) is 6.42 Å². The zero-order valence-corrected chi connectivity index (χ0v) is 13.4. The fourth-order valence-corrected chi connectivity index (χ4v) is 2.69. The molecule has 110 valence electrons. The first-order valence-corrected chi connectivity index (χ1v) is 7.49. The van der Waals surface area contributed by atoms with Crippen LogP contribution < -0.4 is 5.46 Å². The van der Waals surface area contributed by atoms with Gasteiger partial charge in [-0.2, -0.15) is 5.10 Å². The van der Waals surface area contributed by atoms with Crippen LogP contribution in [0.3, 0.4) is 0 Å². The third-order valence-corrected chi connectivity index (χ3v) is 5.30. The summed E-state index contributed by atoms with van der Waals surface area (Å²) in [4.78, 5) is 0. The minimum atomic E-state index is -0.305. The van der Waals surface area contributed by atoms with Gasteiger partial charge >= 0.3 is 7.12 Å². The Morgan fingerprint density at radius 2 is 1.75 bits per heavy atom. The van der Waals surface area contributed by atoms with Crippen LogP contribution in [-0.2, 0) is 15.9 Å². The number of rotatable bonds is 3.